The molecule has 2 aliphatic heterocycles. The van der Waals surface area contributed by atoms with Gasteiger partial charge in [0.1, 0.15) is 0 Å². The van der Waals surface area contributed by atoms with Crippen LogP contribution in [-0.2, 0) is 12.3 Å². The third-order valence-electron chi connectivity index (χ3n) is 6.40. The van der Waals surface area contributed by atoms with Gasteiger partial charge < -0.3 is 0 Å². The molecule has 2 fully saturated rings. The predicted molar refractivity (Wildman–Crippen MR) is 129 cm³/mol. The second-order valence-corrected chi connectivity index (χ2v) is 15.3. The van der Waals surface area contributed by atoms with Gasteiger partial charge in [0.15, 0.2) is 0 Å². The molecule has 1 spiro atoms. The molecule has 0 atom stereocenters. The summed E-state index contributed by atoms with van der Waals surface area (Å²) in [6.45, 7) is 13.4. The van der Waals surface area contributed by atoms with Gasteiger partial charge in [-0.3, -0.25) is 0 Å². The minimum atomic E-state index is -3.80. The summed E-state index contributed by atoms with van der Waals surface area (Å²) < 4.78 is 24.8. The van der Waals surface area contributed by atoms with Crippen LogP contribution in [0.5, 0.6) is 0 Å². The molecule has 0 aromatic carbocycles. The van der Waals surface area contributed by atoms with Crippen LogP contribution in [-0.4, -0.2) is 95.5 Å². The number of rotatable bonds is 14. The van der Waals surface area contributed by atoms with Crippen LogP contribution in [0.25, 0.3) is 0 Å². The van der Waals surface area contributed by atoms with Crippen LogP contribution in [0.3, 0.4) is 0 Å². The summed E-state index contributed by atoms with van der Waals surface area (Å²) in [5.41, 5.74) is 0. The standard InChI is InChI=1S/2C12H25NO2.Sn/c2*1-2-3-4-5-6-7-8-13(9-11-14)10-12-15;/h2*2-12H2,1H3;/q2*-2;+4. The molecule has 184 valence electrons. The van der Waals surface area contributed by atoms with Gasteiger partial charge in [0.25, 0.3) is 0 Å². The Morgan fingerprint density at radius 2 is 0.806 bits per heavy atom. The average Bonchev–Trinajstić information content (AvgIpc) is 2.74. The van der Waals surface area contributed by atoms with E-state index in [1.807, 2.05) is 0 Å². The molecule has 2 aliphatic rings. The maximum atomic E-state index is 6.19. The summed E-state index contributed by atoms with van der Waals surface area (Å²) in [6, 6.07) is 0. The van der Waals surface area contributed by atoms with E-state index in [1.54, 1.807) is 0 Å². The van der Waals surface area contributed by atoms with Gasteiger partial charge >= 0.3 is 199 Å². The number of nitrogens with zero attached hydrogens (tertiary/aromatic N) is 2. The Bertz CT molecular complexity index is 369. The van der Waals surface area contributed by atoms with Crippen molar-refractivity contribution >= 4 is 20.0 Å². The Morgan fingerprint density at radius 3 is 1.16 bits per heavy atom. The fraction of sp³-hybridized carbons (Fsp3) is 1.00. The Morgan fingerprint density at radius 1 is 0.484 bits per heavy atom. The SMILES string of the molecule is CCCCCCCCN1CC[O][Sn]2([O]CC1)[O]CCN(CCCCCCCC)CC[O]2. The van der Waals surface area contributed by atoms with Crippen molar-refractivity contribution in [2.45, 2.75) is 90.9 Å². The van der Waals surface area contributed by atoms with Crippen molar-refractivity contribution in [2.75, 3.05) is 65.7 Å². The van der Waals surface area contributed by atoms with Crippen molar-refractivity contribution in [2.24, 2.45) is 0 Å². The minimum absolute atomic E-state index is 0.674. The molecule has 2 saturated heterocycles. The van der Waals surface area contributed by atoms with Crippen molar-refractivity contribution in [3.8, 4) is 0 Å². The van der Waals surface area contributed by atoms with Crippen molar-refractivity contribution in [1.29, 1.82) is 0 Å². The van der Waals surface area contributed by atoms with Crippen molar-refractivity contribution < 1.29 is 12.3 Å². The first-order chi connectivity index (χ1) is 15.3. The van der Waals surface area contributed by atoms with E-state index < -0.39 is 20.0 Å². The van der Waals surface area contributed by atoms with E-state index in [0.29, 0.717) is 26.4 Å². The molecule has 0 bridgehead atoms. The topological polar surface area (TPSA) is 43.4 Å². The summed E-state index contributed by atoms with van der Waals surface area (Å²) in [4.78, 5) is 4.95. The summed E-state index contributed by atoms with van der Waals surface area (Å²) in [5.74, 6) is 0. The van der Waals surface area contributed by atoms with Crippen LogP contribution in [0, 0.1) is 0 Å². The molecular formula is C24H50N2O4Sn. The Hall–Kier alpha value is 0.559. The van der Waals surface area contributed by atoms with Crippen LogP contribution in [0.15, 0.2) is 0 Å². The van der Waals surface area contributed by atoms with Crippen LogP contribution < -0.4 is 0 Å². The van der Waals surface area contributed by atoms with E-state index in [-0.39, 0.29) is 0 Å². The summed E-state index contributed by atoms with van der Waals surface area (Å²) in [5, 5.41) is 0. The van der Waals surface area contributed by atoms with E-state index in [2.05, 4.69) is 23.6 Å². The molecule has 2 rings (SSSR count). The Labute approximate surface area is 198 Å². The van der Waals surface area contributed by atoms with E-state index in [9.17, 15) is 0 Å². The number of hydrogen-bond acceptors (Lipinski definition) is 6. The second-order valence-electron chi connectivity index (χ2n) is 9.11. The number of unbranched alkanes of at least 4 members (excludes halogenated alkanes) is 10. The molecule has 31 heavy (non-hydrogen) atoms. The van der Waals surface area contributed by atoms with E-state index >= 15 is 0 Å². The van der Waals surface area contributed by atoms with Gasteiger partial charge in [-0.05, 0) is 0 Å². The van der Waals surface area contributed by atoms with E-state index in [1.165, 1.54) is 77.0 Å². The summed E-state index contributed by atoms with van der Waals surface area (Å²) in [7, 11) is 0. The van der Waals surface area contributed by atoms with Gasteiger partial charge in [0, 0.05) is 0 Å². The molecule has 0 N–H and O–H groups in total. The van der Waals surface area contributed by atoms with Crippen LogP contribution in [0.4, 0.5) is 0 Å². The van der Waals surface area contributed by atoms with Gasteiger partial charge in [-0.2, -0.15) is 0 Å². The van der Waals surface area contributed by atoms with Gasteiger partial charge in [-0.15, -0.1) is 0 Å². The van der Waals surface area contributed by atoms with Gasteiger partial charge in [0.2, 0.25) is 0 Å². The molecule has 0 aliphatic carbocycles. The van der Waals surface area contributed by atoms with E-state index in [4.69, 9.17) is 12.3 Å². The van der Waals surface area contributed by atoms with Crippen molar-refractivity contribution in [3.05, 3.63) is 0 Å². The Kier molecular flexibility index (Phi) is 16.1. The third-order valence-corrected chi connectivity index (χ3v) is 12.8. The van der Waals surface area contributed by atoms with Crippen LogP contribution >= 0.6 is 0 Å². The maximum absolute atomic E-state index is 6.19. The monoisotopic (exact) mass is 550 g/mol. The number of hydrogen-bond donors (Lipinski definition) is 0. The molecule has 0 unspecified atom stereocenters. The molecule has 0 amide bonds. The first kappa shape index (κ1) is 27.8. The van der Waals surface area contributed by atoms with Crippen LogP contribution in [0.2, 0.25) is 0 Å². The average molecular weight is 549 g/mol. The summed E-state index contributed by atoms with van der Waals surface area (Å²) in [6.07, 6.45) is 16.1. The van der Waals surface area contributed by atoms with Gasteiger partial charge in [0.05, 0.1) is 0 Å². The van der Waals surface area contributed by atoms with E-state index in [0.717, 1.165) is 39.3 Å². The third kappa shape index (κ3) is 12.6. The van der Waals surface area contributed by atoms with Crippen molar-refractivity contribution in [3.63, 3.8) is 0 Å². The fourth-order valence-corrected chi connectivity index (χ4v) is 9.67. The fourth-order valence-electron chi connectivity index (χ4n) is 4.35. The van der Waals surface area contributed by atoms with Crippen molar-refractivity contribution in [1.82, 2.24) is 9.80 Å². The Balaban J connectivity index is 1.59. The zero-order chi connectivity index (χ0) is 22.0. The summed E-state index contributed by atoms with van der Waals surface area (Å²) >= 11 is -3.80. The molecule has 0 aromatic rings. The molecule has 7 heteroatoms. The molecule has 0 aromatic heterocycles. The normalized spacial score (nSPS) is 21.5. The molecule has 6 nitrogen and oxygen atoms in total. The van der Waals surface area contributed by atoms with Crippen LogP contribution in [0.1, 0.15) is 90.9 Å². The molecule has 0 radical (unpaired) electrons. The van der Waals surface area contributed by atoms with Gasteiger partial charge in [-0.1, -0.05) is 0 Å². The zero-order valence-corrected chi connectivity index (χ0v) is 23.4. The quantitative estimate of drug-likeness (QED) is 0.228. The first-order valence-electron chi connectivity index (χ1n) is 13.3. The predicted octanol–water partition coefficient (Wildman–Crippen LogP) is 4.84. The molecule has 2 heterocycles. The zero-order valence-electron chi connectivity index (χ0n) is 20.6. The van der Waals surface area contributed by atoms with Gasteiger partial charge in [-0.25, -0.2) is 0 Å². The second kappa shape index (κ2) is 18.0. The molecule has 0 saturated carbocycles. The molecular weight excluding hydrogens is 499 g/mol. The first-order valence-corrected chi connectivity index (χ1v) is 17.9.